The molecule has 0 aliphatic carbocycles. The van der Waals surface area contributed by atoms with E-state index in [4.69, 9.17) is 9.47 Å². The van der Waals surface area contributed by atoms with Gasteiger partial charge in [0.25, 0.3) is 0 Å². The van der Waals surface area contributed by atoms with Crippen molar-refractivity contribution in [2.24, 2.45) is 0 Å². The molecule has 1 saturated heterocycles. The Balaban J connectivity index is 2.43. The van der Waals surface area contributed by atoms with Crippen molar-refractivity contribution in [1.82, 2.24) is 0 Å². The van der Waals surface area contributed by atoms with E-state index in [9.17, 15) is 0 Å². The van der Waals surface area contributed by atoms with E-state index in [1.807, 2.05) is 6.92 Å². The van der Waals surface area contributed by atoms with Crippen LogP contribution < -0.4 is 0 Å². The molecule has 10 heavy (non-hydrogen) atoms. The van der Waals surface area contributed by atoms with Crippen LogP contribution in [0.15, 0.2) is 0 Å². The van der Waals surface area contributed by atoms with Crippen LogP contribution in [0.25, 0.3) is 0 Å². The van der Waals surface area contributed by atoms with Gasteiger partial charge in [0.2, 0.25) is 0 Å². The molecule has 1 rings (SSSR count). The van der Waals surface area contributed by atoms with Gasteiger partial charge in [0, 0.05) is 6.61 Å². The molecule has 0 N–H and O–H groups in total. The Hall–Kier alpha value is -0.0800. The van der Waals surface area contributed by atoms with E-state index in [-0.39, 0.29) is 11.7 Å². The number of rotatable bonds is 3. The quantitative estimate of drug-likeness (QED) is 0.599. The highest BCUT2D eigenvalue weighted by molar-refractivity contribution is 4.93. The molecule has 2 unspecified atom stereocenters. The van der Waals surface area contributed by atoms with E-state index in [2.05, 4.69) is 13.8 Å². The summed E-state index contributed by atoms with van der Waals surface area (Å²) in [6.45, 7) is 7.82. The van der Waals surface area contributed by atoms with Crippen molar-refractivity contribution in [2.75, 3.05) is 13.2 Å². The summed E-state index contributed by atoms with van der Waals surface area (Å²) >= 11 is 0. The minimum Gasteiger partial charge on any atom is -0.372 e. The summed E-state index contributed by atoms with van der Waals surface area (Å²) in [7, 11) is 0. The number of hydrogen-bond acceptors (Lipinski definition) is 2. The Morgan fingerprint density at radius 3 is 2.40 bits per heavy atom. The van der Waals surface area contributed by atoms with Gasteiger partial charge in [-0.2, -0.15) is 0 Å². The number of hydrogen-bond donors (Lipinski definition) is 0. The van der Waals surface area contributed by atoms with E-state index < -0.39 is 0 Å². The Morgan fingerprint density at radius 2 is 2.30 bits per heavy atom. The average molecular weight is 144 g/mol. The van der Waals surface area contributed by atoms with E-state index >= 15 is 0 Å². The van der Waals surface area contributed by atoms with Crippen molar-refractivity contribution in [2.45, 2.75) is 38.9 Å². The van der Waals surface area contributed by atoms with Gasteiger partial charge in [-0.05, 0) is 20.3 Å². The van der Waals surface area contributed by atoms with Crippen molar-refractivity contribution in [3.05, 3.63) is 0 Å². The third-order valence-electron chi connectivity index (χ3n) is 2.35. The normalized spacial score (nSPS) is 39.3. The minimum atomic E-state index is 0.0503. The molecule has 0 aromatic rings. The predicted octanol–water partition coefficient (Wildman–Crippen LogP) is 1.59. The standard InChI is InChI=1S/C8H16O2/c1-4-8(10-5-2)6-9-7(8)3/h7H,4-6H2,1-3H3. The first-order valence-corrected chi connectivity index (χ1v) is 4.00. The molecule has 0 aromatic carbocycles. The fourth-order valence-electron chi connectivity index (χ4n) is 1.37. The van der Waals surface area contributed by atoms with Crippen LogP contribution in [0.2, 0.25) is 0 Å². The van der Waals surface area contributed by atoms with Gasteiger partial charge in [-0.15, -0.1) is 0 Å². The third-order valence-corrected chi connectivity index (χ3v) is 2.35. The van der Waals surface area contributed by atoms with Crippen molar-refractivity contribution >= 4 is 0 Å². The van der Waals surface area contributed by atoms with Crippen LogP contribution in [0.3, 0.4) is 0 Å². The Morgan fingerprint density at radius 1 is 1.60 bits per heavy atom. The van der Waals surface area contributed by atoms with Crippen LogP contribution in [0.1, 0.15) is 27.2 Å². The summed E-state index contributed by atoms with van der Waals surface area (Å²) in [5.41, 5.74) is 0.0503. The molecular weight excluding hydrogens is 128 g/mol. The molecule has 2 nitrogen and oxygen atoms in total. The molecule has 1 aliphatic rings. The zero-order valence-electron chi connectivity index (χ0n) is 7.02. The summed E-state index contributed by atoms with van der Waals surface area (Å²) in [5, 5.41) is 0. The van der Waals surface area contributed by atoms with Gasteiger partial charge in [0.05, 0.1) is 12.7 Å². The van der Waals surface area contributed by atoms with Crippen LogP contribution in [0.5, 0.6) is 0 Å². The van der Waals surface area contributed by atoms with Gasteiger partial charge in [-0.1, -0.05) is 6.92 Å². The van der Waals surface area contributed by atoms with Gasteiger partial charge in [-0.3, -0.25) is 0 Å². The molecule has 1 aliphatic heterocycles. The summed E-state index contributed by atoms with van der Waals surface area (Å²) in [6, 6.07) is 0. The van der Waals surface area contributed by atoms with E-state index in [0.717, 1.165) is 19.6 Å². The first kappa shape index (κ1) is 8.02. The van der Waals surface area contributed by atoms with Gasteiger partial charge < -0.3 is 9.47 Å². The molecule has 0 bridgehead atoms. The molecule has 2 atom stereocenters. The zero-order valence-corrected chi connectivity index (χ0v) is 7.02. The van der Waals surface area contributed by atoms with Crippen molar-refractivity contribution in [3.63, 3.8) is 0 Å². The second-order valence-corrected chi connectivity index (χ2v) is 2.80. The molecule has 2 heteroatoms. The lowest BCUT2D eigenvalue weighted by molar-refractivity contribution is -0.253. The first-order valence-electron chi connectivity index (χ1n) is 4.00. The molecule has 0 saturated carbocycles. The molecule has 0 spiro atoms. The fraction of sp³-hybridized carbons (Fsp3) is 1.00. The minimum absolute atomic E-state index is 0.0503. The third kappa shape index (κ3) is 1.06. The Kier molecular flexibility index (Phi) is 2.32. The maximum absolute atomic E-state index is 5.60. The zero-order chi connectivity index (χ0) is 7.61. The molecule has 0 aromatic heterocycles. The summed E-state index contributed by atoms with van der Waals surface area (Å²) < 4.78 is 10.9. The average Bonchev–Trinajstić information content (AvgIpc) is 1.97. The maximum atomic E-state index is 5.60. The maximum Gasteiger partial charge on any atom is 0.117 e. The second kappa shape index (κ2) is 2.89. The fourth-order valence-corrected chi connectivity index (χ4v) is 1.37. The van der Waals surface area contributed by atoms with Gasteiger partial charge in [0.1, 0.15) is 5.60 Å². The van der Waals surface area contributed by atoms with Gasteiger partial charge in [-0.25, -0.2) is 0 Å². The molecule has 1 fully saturated rings. The lowest BCUT2D eigenvalue weighted by Gasteiger charge is -2.46. The van der Waals surface area contributed by atoms with Crippen molar-refractivity contribution in [1.29, 1.82) is 0 Å². The smallest absolute Gasteiger partial charge is 0.117 e. The van der Waals surface area contributed by atoms with Gasteiger partial charge in [0.15, 0.2) is 0 Å². The Labute approximate surface area is 62.5 Å². The monoisotopic (exact) mass is 144 g/mol. The highest BCUT2D eigenvalue weighted by Crippen LogP contribution is 2.32. The van der Waals surface area contributed by atoms with Crippen molar-refractivity contribution in [3.8, 4) is 0 Å². The van der Waals surface area contributed by atoms with Gasteiger partial charge >= 0.3 is 0 Å². The lowest BCUT2D eigenvalue weighted by atomic mass is 9.90. The van der Waals surface area contributed by atoms with Crippen LogP contribution >= 0.6 is 0 Å². The second-order valence-electron chi connectivity index (χ2n) is 2.80. The Bertz CT molecular complexity index is 110. The van der Waals surface area contributed by atoms with E-state index in [0.29, 0.717) is 0 Å². The summed E-state index contributed by atoms with van der Waals surface area (Å²) in [4.78, 5) is 0. The van der Waals surface area contributed by atoms with E-state index in [1.165, 1.54) is 0 Å². The van der Waals surface area contributed by atoms with Crippen LogP contribution in [-0.2, 0) is 9.47 Å². The molecule has 0 radical (unpaired) electrons. The summed E-state index contributed by atoms with van der Waals surface area (Å²) in [6.07, 6.45) is 1.35. The molecule has 0 amide bonds. The predicted molar refractivity (Wildman–Crippen MR) is 40.1 cm³/mol. The SMILES string of the molecule is CCOC1(CC)COC1C. The summed E-state index contributed by atoms with van der Waals surface area (Å²) in [5.74, 6) is 0. The lowest BCUT2D eigenvalue weighted by Crippen LogP contribution is -2.58. The molecule has 1 heterocycles. The number of ether oxygens (including phenoxy) is 2. The van der Waals surface area contributed by atoms with E-state index in [1.54, 1.807) is 0 Å². The first-order chi connectivity index (χ1) is 4.75. The van der Waals surface area contributed by atoms with Crippen LogP contribution in [-0.4, -0.2) is 24.9 Å². The highest BCUT2D eigenvalue weighted by Gasteiger charge is 2.44. The topological polar surface area (TPSA) is 18.5 Å². The highest BCUT2D eigenvalue weighted by atomic mass is 16.6. The molecular formula is C8H16O2. The largest absolute Gasteiger partial charge is 0.372 e. The molecule has 60 valence electrons. The van der Waals surface area contributed by atoms with Crippen LogP contribution in [0, 0.1) is 0 Å². The van der Waals surface area contributed by atoms with Crippen LogP contribution in [0.4, 0.5) is 0 Å². The van der Waals surface area contributed by atoms with Crippen molar-refractivity contribution < 1.29 is 9.47 Å².